The van der Waals surface area contributed by atoms with Crippen molar-refractivity contribution in [2.75, 3.05) is 6.54 Å². The topological polar surface area (TPSA) is 64.9 Å². The molecule has 1 atom stereocenters. The Morgan fingerprint density at radius 1 is 1.12 bits per heavy atom. The average molecular weight is 213 g/mol. The van der Waals surface area contributed by atoms with Crippen molar-refractivity contribution in [2.45, 2.75) is 6.04 Å². The summed E-state index contributed by atoms with van der Waals surface area (Å²) < 4.78 is 0. The van der Waals surface area contributed by atoms with Gasteiger partial charge in [0.1, 0.15) is 0 Å². The van der Waals surface area contributed by atoms with Crippen LogP contribution in [0.3, 0.4) is 0 Å². The summed E-state index contributed by atoms with van der Waals surface area (Å²) in [6.07, 6.45) is 1.78. The number of aromatic nitrogens is 1. The number of nitrogens with zero attached hydrogens (tertiary/aromatic N) is 1. The van der Waals surface area contributed by atoms with Crippen LogP contribution in [-0.4, -0.2) is 11.5 Å². The summed E-state index contributed by atoms with van der Waals surface area (Å²) in [5, 5.41) is 0. The summed E-state index contributed by atoms with van der Waals surface area (Å²) in [5.74, 6) is 0. The molecule has 0 aliphatic carbocycles. The number of nitrogens with two attached hydrogens (primary N) is 2. The molecule has 1 aromatic carbocycles. The van der Waals surface area contributed by atoms with Crippen LogP contribution in [0.4, 0.5) is 0 Å². The lowest BCUT2D eigenvalue weighted by molar-refractivity contribution is 0.737. The molecule has 0 radical (unpaired) electrons. The monoisotopic (exact) mass is 213 g/mol. The molecule has 0 unspecified atom stereocenters. The second-order valence-electron chi connectivity index (χ2n) is 3.68. The van der Waals surface area contributed by atoms with Gasteiger partial charge in [-0.15, -0.1) is 0 Å². The molecular weight excluding hydrogens is 198 g/mol. The van der Waals surface area contributed by atoms with Gasteiger partial charge in [0.25, 0.3) is 0 Å². The Balaban J connectivity index is 2.36. The number of rotatable bonds is 3. The SMILES string of the molecule is NC[C@@H](N)c1cccc(-c2ccccn2)c1. The molecule has 0 saturated heterocycles. The Hall–Kier alpha value is -1.71. The molecule has 2 aromatic rings. The van der Waals surface area contributed by atoms with E-state index >= 15 is 0 Å². The third-order valence-corrected chi connectivity index (χ3v) is 2.53. The van der Waals surface area contributed by atoms with Crippen LogP contribution in [0.1, 0.15) is 11.6 Å². The summed E-state index contributed by atoms with van der Waals surface area (Å²) in [7, 11) is 0. The standard InChI is InChI=1S/C13H15N3/c14-9-12(15)10-4-3-5-11(8-10)13-6-1-2-7-16-13/h1-8,12H,9,14-15H2/t12-/m1/s1. The van der Waals surface area contributed by atoms with Gasteiger partial charge in [-0.3, -0.25) is 4.98 Å². The van der Waals surface area contributed by atoms with Crippen LogP contribution >= 0.6 is 0 Å². The molecule has 0 aliphatic rings. The predicted molar refractivity (Wildman–Crippen MR) is 65.7 cm³/mol. The van der Waals surface area contributed by atoms with Crippen molar-refractivity contribution in [1.82, 2.24) is 4.98 Å². The van der Waals surface area contributed by atoms with E-state index in [1.807, 2.05) is 42.5 Å². The largest absolute Gasteiger partial charge is 0.329 e. The molecule has 0 bridgehead atoms. The molecule has 1 aromatic heterocycles. The van der Waals surface area contributed by atoms with E-state index in [2.05, 4.69) is 4.98 Å². The van der Waals surface area contributed by atoms with Crippen LogP contribution in [-0.2, 0) is 0 Å². The van der Waals surface area contributed by atoms with Crippen molar-refractivity contribution in [3.05, 3.63) is 54.2 Å². The van der Waals surface area contributed by atoms with Gasteiger partial charge in [0.05, 0.1) is 5.69 Å². The zero-order valence-corrected chi connectivity index (χ0v) is 9.01. The van der Waals surface area contributed by atoms with Crippen molar-refractivity contribution in [3.63, 3.8) is 0 Å². The Bertz CT molecular complexity index is 454. The van der Waals surface area contributed by atoms with E-state index in [1.165, 1.54) is 0 Å². The third kappa shape index (κ3) is 2.27. The number of hydrogen-bond donors (Lipinski definition) is 2. The Kier molecular flexibility index (Phi) is 3.29. The molecule has 0 spiro atoms. The van der Waals surface area contributed by atoms with E-state index in [1.54, 1.807) is 6.20 Å². The molecule has 3 nitrogen and oxygen atoms in total. The molecule has 0 saturated carbocycles. The first-order valence-electron chi connectivity index (χ1n) is 5.28. The van der Waals surface area contributed by atoms with Gasteiger partial charge in [-0.2, -0.15) is 0 Å². The number of benzene rings is 1. The zero-order valence-electron chi connectivity index (χ0n) is 9.01. The second kappa shape index (κ2) is 4.88. The van der Waals surface area contributed by atoms with Gasteiger partial charge in [0.15, 0.2) is 0 Å². The third-order valence-electron chi connectivity index (χ3n) is 2.53. The summed E-state index contributed by atoms with van der Waals surface area (Å²) >= 11 is 0. The van der Waals surface area contributed by atoms with Crippen molar-refractivity contribution in [3.8, 4) is 11.3 Å². The normalized spacial score (nSPS) is 12.4. The fraction of sp³-hybridized carbons (Fsp3) is 0.154. The Morgan fingerprint density at radius 3 is 2.69 bits per heavy atom. The summed E-state index contributed by atoms with van der Waals surface area (Å²) in [6, 6.07) is 13.8. The van der Waals surface area contributed by atoms with Crippen molar-refractivity contribution in [1.29, 1.82) is 0 Å². The fourth-order valence-corrected chi connectivity index (χ4v) is 1.60. The quantitative estimate of drug-likeness (QED) is 0.815. The molecule has 16 heavy (non-hydrogen) atoms. The predicted octanol–water partition coefficient (Wildman–Crippen LogP) is 1.71. The highest BCUT2D eigenvalue weighted by Gasteiger charge is 2.05. The Morgan fingerprint density at radius 2 is 2.00 bits per heavy atom. The van der Waals surface area contributed by atoms with Gasteiger partial charge in [-0.25, -0.2) is 0 Å². The molecule has 2 rings (SSSR count). The highest BCUT2D eigenvalue weighted by Crippen LogP contribution is 2.20. The first-order valence-corrected chi connectivity index (χ1v) is 5.28. The highest BCUT2D eigenvalue weighted by molar-refractivity contribution is 5.59. The molecule has 0 fully saturated rings. The molecule has 1 heterocycles. The van der Waals surface area contributed by atoms with E-state index in [-0.39, 0.29) is 6.04 Å². The van der Waals surface area contributed by atoms with E-state index < -0.39 is 0 Å². The van der Waals surface area contributed by atoms with Crippen LogP contribution in [0.2, 0.25) is 0 Å². The summed E-state index contributed by atoms with van der Waals surface area (Å²) in [4.78, 5) is 4.30. The molecule has 4 N–H and O–H groups in total. The minimum Gasteiger partial charge on any atom is -0.329 e. The molecule has 82 valence electrons. The number of hydrogen-bond acceptors (Lipinski definition) is 3. The van der Waals surface area contributed by atoms with Crippen LogP contribution in [0.5, 0.6) is 0 Å². The van der Waals surface area contributed by atoms with Gasteiger partial charge < -0.3 is 11.5 Å². The van der Waals surface area contributed by atoms with Crippen molar-refractivity contribution >= 4 is 0 Å². The van der Waals surface area contributed by atoms with Crippen molar-refractivity contribution < 1.29 is 0 Å². The van der Waals surface area contributed by atoms with Gasteiger partial charge >= 0.3 is 0 Å². The molecule has 0 amide bonds. The lowest BCUT2D eigenvalue weighted by Crippen LogP contribution is -2.20. The lowest BCUT2D eigenvalue weighted by atomic mass is 10.0. The molecular formula is C13H15N3. The fourth-order valence-electron chi connectivity index (χ4n) is 1.60. The van der Waals surface area contributed by atoms with Crippen molar-refractivity contribution in [2.24, 2.45) is 11.5 Å². The average Bonchev–Trinajstić information content (AvgIpc) is 2.39. The maximum atomic E-state index is 5.90. The maximum absolute atomic E-state index is 5.90. The van der Waals surface area contributed by atoms with Gasteiger partial charge in [0.2, 0.25) is 0 Å². The highest BCUT2D eigenvalue weighted by atomic mass is 14.7. The van der Waals surface area contributed by atoms with E-state index in [0.717, 1.165) is 16.8 Å². The van der Waals surface area contributed by atoms with Crippen LogP contribution in [0.15, 0.2) is 48.7 Å². The van der Waals surface area contributed by atoms with Gasteiger partial charge in [-0.1, -0.05) is 24.3 Å². The minimum absolute atomic E-state index is 0.108. The van der Waals surface area contributed by atoms with E-state index in [0.29, 0.717) is 6.54 Å². The first-order chi connectivity index (χ1) is 7.81. The van der Waals surface area contributed by atoms with Crippen LogP contribution < -0.4 is 11.5 Å². The van der Waals surface area contributed by atoms with Crippen LogP contribution in [0, 0.1) is 0 Å². The van der Waals surface area contributed by atoms with E-state index in [4.69, 9.17) is 11.5 Å². The Labute approximate surface area is 95.1 Å². The zero-order chi connectivity index (χ0) is 11.4. The maximum Gasteiger partial charge on any atom is 0.0702 e. The molecule has 3 heteroatoms. The first kappa shape index (κ1) is 10.8. The number of pyridine rings is 1. The lowest BCUT2D eigenvalue weighted by Gasteiger charge is -2.10. The van der Waals surface area contributed by atoms with Gasteiger partial charge in [0, 0.05) is 24.3 Å². The minimum atomic E-state index is -0.108. The van der Waals surface area contributed by atoms with Crippen LogP contribution in [0.25, 0.3) is 11.3 Å². The molecule has 0 aliphatic heterocycles. The van der Waals surface area contributed by atoms with Gasteiger partial charge in [-0.05, 0) is 23.8 Å². The summed E-state index contributed by atoms with van der Waals surface area (Å²) in [5.41, 5.74) is 14.5. The smallest absolute Gasteiger partial charge is 0.0702 e. The summed E-state index contributed by atoms with van der Waals surface area (Å²) in [6.45, 7) is 0.450. The van der Waals surface area contributed by atoms with E-state index in [9.17, 15) is 0 Å². The second-order valence-corrected chi connectivity index (χ2v) is 3.68.